The van der Waals surface area contributed by atoms with E-state index in [1.165, 1.54) is 40.0 Å². The number of amides is 1. The van der Waals surface area contributed by atoms with Gasteiger partial charge in [-0.25, -0.2) is 16.8 Å². The number of hydrogen-bond donors (Lipinski definition) is 1. The van der Waals surface area contributed by atoms with Crippen LogP contribution >= 0.6 is 0 Å². The van der Waals surface area contributed by atoms with Crippen LogP contribution in [0, 0.1) is 5.92 Å². The molecule has 0 aromatic heterocycles. The van der Waals surface area contributed by atoms with Gasteiger partial charge in [0.05, 0.1) is 22.8 Å². The molecule has 4 rings (SSSR count). The zero-order valence-corrected chi connectivity index (χ0v) is 21.4. The number of hydrogen-bond acceptors (Lipinski definition) is 6. The van der Waals surface area contributed by atoms with Crippen LogP contribution in [0.2, 0.25) is 0 Å². The second kappa shape index (κ2) is 10.7. The standard InChI is InChI=1S/C24H31N3O6S2/c1-33-21-9-13-23(14-10-21)35(31,32)27-17-5-6-19(18-27)24(28)25-20-7-11-22(12-8-20)34(29,30)26-15-3-2-4-16-26/h7-14,19H,2-6,15-18H2,1H3,(H,25,28)/t19-/m0/s1. The molecule has 190 valence electrons. The summed E-state index contributed by atoms with van der Waals surface area (Å²) in [6.45, 7) is 1.49. The zero-order chi connectivity index (χ0) is 25.1. The Morgan fingerprint density at radius 3 is 1.94 bits per heavy atom. The molecule has 0 radical (unpaired) electrons. The van der Waals surface area contributed by atoms with Gasteiger partial charge in [-0.05, 0) is 74.2 Å². The van der Waals surface area contributed by atoms with Crippen molar-refractivity contribution >= 4 is 31.6 Å². The third kappa shape index (κ3) is 5.69. The van der Waals surface area contributed by atoms with Gasteiger partial charge in [-0.1, -0.05) is 6.42 Å². The number of nitrogens with one attached hydrogen (secondary N) is 1. The lowest BCUT2D eigenvalue weighted by Crippen LogP contribution is -2.43. The number of nitrogens with zero attached hydrogens (tertiary/aromatic N) is 2. The minimum absolute atomic E-state index is 0.0849. The van der Waals surface area contributed by atoms with E-state index in [9.17, 15) is 21.6 Å². The van der Waals surface area contributed by atoms with Crippen LogP contribution in [0.1, 0.15) is 32.1 Å². The number of piperidine rings is 2. The summed E-state index contributed by atoms with van der Waals surface area (Å²) in [5.74, 6) is -0.227. The van der Waals surface area contributed by atoms with E-state index < -0.39 is 26.0 Å². The van der Waals surface area contributed by atoms with E-state index in [1.54, 1.807) is 24.3 Å². The van der Waals surface area contributed by atoms with E-state index in [0.29, 0.717) is 43.9 Å². The molecule has 0 aliphatic carbocycles. The summed E-state index contributed by atoms with van der Waals surface area (Å²) in [7, 11) is -5.76. The van der Waals surface area contributed by atoms with Gasteiger partial charge in [-0.2, -0.15) is 8.61 Å². The fraction of sp³-hybridized carbons (Fsp3) is 0.458. The normalized spacial score (nSPS) is 20.3. The van der Waals surface area contributed by atoms with E-state index >= 15 is 0 Å². The van der Waals surface area contributed by atoms with E-state index in [1.807, 2.05) is 0 Å². The van der Waals surface area contributed by atoms with Crippen LogP contribution in [-0.4, -0.2) is 64.6 Å². The first-order valence-corrected chi connectivity index (χ1v) is 14.6. The molecule has 1 N–H and O–H groups in total. The number of rotatable bonds is 7. The Morgan fingerprint density at radius 2 is 1.34 bits per heavy atom. The molecular formula is C24H31N3O6S2. The zero-order valence-electron chi connectivity index (χ0n) is 19.7. The van der Waals surface area contributed by atoms with E-state index in [0.717, 1.165) is 19.3 Å². The average Bonchev–Trinajstić information content (AvgIpc) is 2.89. The highest BCUT2D eigenvalue weighted by Gasteiger charge is 2.33. The first kappa shape index (κ1) is 25.6. The molecular weight excluding hydrogens is 490 g/mol. The maximum absolute atomic E-state index is 13.1. The summed E-state index contributed by atoms with van der Waals surface area (Å²) in [6, 6.07) is 12.3. The largest absolute Gasteiger partial charge is 0.497 e. The minimum atomic E-state index is -3.73. The Bertz CT molecular complexity index is 1240. The summed E-state index contributed by atoms with van der Waals surface area (Å²) in [5, 5.41) is 2.81. The molecule has 1 atom stereocenters. The third-order valence-corrected chi connectivity index (χ3v) is 10.3. The second-order valence-electron chi connectivity index (χ2n) is 8.86. The van der Waals surface area contributed by atoms with Gasteiger partial charge in [0.1, 0.15) is 5.75 Å². The molecule has 2 aliphatic rings. The van der Waals surface area contributed by atoms with Crippen LogP contribution in [0.15, 0.2) is 58.3 Å². The maximum atomic E-state index is 13.1. The number of methoxy groups -OCH3 is 1. The maximum Gasteiger partial charge on any atom is 0.243 e. The van der Waals surface area contributed by atoms with Crippen LogP contribution in [-0.2, 0) is 24.8 Å². The molecule has 9 nitrogen and oxygen atoms in total. The highest BCUT2D eigenvalue weighted by atomic mass is 32.2. The molecule has 0 spiro atoms. The number of ether oxygens (including phenoxy) is 1. The Labute approximate surface area is 207 Å². The first-order chi connectivity index (χ1) is 16.7. The van der Waals surface area contributed by atoms with E-state index in [2.05, 4.69) is 5.32 Å². The smallest absolute Gasteiger partial charge is 0.243 e. The molecule has 2 aromatic carbocycles. The Morgan fingerprint density at radius 1 is 0.800 bits per heavy atom. The molecule has 0 saturated carbocycles. The van der Waals surface area contributed by atoms with Crippen molar-refractivity contribution in [1.29, 1.82) is 0 Å². The average molecular weight is 522 g/mol. The number of anilines is 1. The van der Waals surface area contributed by atoms with Crippen molar-refractivity contribution in [3.8, 4) is 5.75 Å². The van der Waals surface area contributed by atoms with Crippen LogP contribution in [0.25, 0.3) is 0 Å². The van der Waals surface area contributed by atoms with Crippen molar-refractivity contribution in [1.82, 2.24) is 8.61 Å². The summed E-state index contributed by atoms with van der Waals surface area (Å²) in [4.78, 5) is 13.3. The van der Waals surface area contributed by atoms with Gasteiger partial charge < -0.3 is 10.1 Å². The minimum Gasteiger partial charge on any atom is -0.497 e. The summed E-state index contributed by atoms with van der Waals surface area (Å²) in [5.41, 5.74) is 0.475. The van der Waals surface area contributed by atoms with Gasteiger partial charge in [0.2, 0.25) is 26.0 Å². The van der Waals surface area contributed by atoms with Crippen LogP contribution in [0.4, 0.5) is 5.69 Å². The van der Waals surface area contributed by atoms with Crippen LogP contribution in [0.3, 0.4) is 0 Å². The highest BCUT2D eigenvalue weighted by Crippen LogP contribution is 2.27. The van der Waals surface area contributed by atoms with Gasteiger partial charge in [0.25, 0.3) is 0 Å². The SMILES string of the molecule is COc1ccc(S(=O)(=O)N2CCC[C@H](C(=O)Nc3ccc(S(=O)(=O)N4CCCCC4)cc3)C2)cc1. The molecule has 2 aromatic rings. The van der Waals surface area contributed by atoms with Gasteiger partial charge in [-0.3, -0.25) is 4.79 Å². The molecule has 11 heteroatoms. The second-order valence-corrected chi connectivity index (χ2v) is 12.7. The summed E-state index contributed by atoms with van der Waals surface area (Å²) >= 11 is 0. The lowest BCUT2D eigenvalue weighted by Gasteiger charge is -2.31. The number of carbonyl (C=O) groups excluding carboxylic acids is 1. The van der Waals surface area contributed by atoms with Crippen LogP contribution in [0.5, 0.6) is 5.75 Å². The molecule has 2 heterocycles. The monoisotopic (exact) mass is 521 g/mol. The molecule has 2 fully saturated rings. The Balaban J connectivity index is 1.40. The van der Waals surface area contributed by atoms with E-state index in [-0.39, 0.29) is 22.2 Å². The highest BCUT2D eigenvalue weighted by molar-refractivity contribution is 7.89. The summed E-state index contributed by atoms with van der Waals surface area (Å²) in [6.07, 6.45) is 3.90. The molecule has 2 aliphatic heterocycles. The van der Waals surface area contributed by atoms with Crippen molar-refractivity contribution in [2.24, 2.45) is 5.92 Å². The van der Waals surface area contributed by atoms with Crippen molar-refractivity contribution in [3.05, 3.63) is 48.5 Å². The van der Waals surface area contributed by atoms with Crippen molar-refractivity contribution in [3.63, 3.8) is 0 Å². The van der Waals surface area contributed by atoms with E-state index in [4.69, 9.17) is 4.74 Å². The lowest BCUT2D eigenvalue weighted by atomic mass is 9.99. The molecule has 1 amide bonds. The molecule has 2 saturated heterocycles. The predicted molar refractivity (Wildman–Crippen MR) is 132 cm³/mol. The summed E-state index contributed by atoms with van der Waals surface area (Å²) < 4.78 is 59.7. The molecule has 35 heavy (non-hydrogen) atoms. The van der Waals surface area contributed by atoms with Gasteiger partial charge in [-0.15, -0.1) is 0 Å². The fourth-order valence-corrected chi connectivity index (χ4v) is 7.52. The fourth-order valence-electron chi connectivity index (χ4n) is 4.48. The first-order valence-electron chi connectivity index (χ1n) is 11.8. The third-order valence-electron chi connectivity index (χ3n) is 6.53. The lowest BCUT2D eigenvalue weighted by molar-refractivity contribution is -0.120. The Kier molecular flexibility index (Phi) is 7.80. The van der Waals surface area contributed by atoms with Gasteiger partial charge in [0, 0.05) is 31.9 Å². The molecule has 0 bridgehead atoms. The Hall–Kier alpha value is -2.47. The van der Waals surface area contributed by atoms with Crippen molar-refractivity contribution in [2.75, 3.05) is 38.6 Å². The predicted octanol–water partition coefficient (Wildman–Crippen LogP) is 2.91. The van der Waals surface area contributed by atoms with Crippen molar-refractivity contribution in [2.45, 2.75) is 41.9 Å². The van der Waals surface area contributed by atoms with Gasteiger partial charge in [0.15, 0.2) is 0 Å². The van der Waals surface area contributed by atoms with Crippen molar-refractivity contribution < 1.29 is 26.4 Å². The number of carbonyl (C=O) groups is 1. The number of benzene rings is 2. The van der Waals surface area contributed by atoms with Crippen LogP contribution < -0.4 is 10.1 Å². The topological polar surface area (TPSA) is 113 Å². The molecule has 0 unspecified atom stereocenters. The number of sulfonamides is 2. The quantitative estimate of drug-likeness (QED) is 0.600. The van der Waals surface area contributed by atoms with Gasteiger partial charge >= 0.3 is 0 Å².